The van der Waals surface area contributed by atoms with Crippen LogP contribution in [-0.4, -0.2) is 46.6 Å². The van der Waals surface area contributed by atoms with Crippen molar-refractivity contribution in [1.82, 2.24) is 15.2 Å². The number of methoxy groups -OCH3 is 1. The molecule has 27 heavy (non-hydrogen) atoms. The zero-order valence-corrected chi connectivity index (χ0v) is 16.9. The van der Waals surface area contributed by atoms with Crippen LogP contribution in [0.15, 0.2) is 54.6 Å². The van der Waals surface area contributed by atoms with Crippen LogP contribution in [0.3, 0.4) is 0 Å². The van der Waals surface area contributed by atoms with Crippen LogP contribution in [0.25, 0.3) is 0 Å². The Morgan fingerprint density at radius 3 is 2.67 bits per heavy atom. The van der Waals surface area contributed by atoms with Crippen molar-refractivity contribution >= 4 is 36.0 Å². The molecular weight excluding hydrogens is 380 g/mol. The van der Waals surface area contributed by atoms with Crippen molar-refractivity contribution in [2.24, 2.45) is 0 Å². The predicted molar refractivity (Wildman–Crippen MR) is 114 cm³/mol. The van der Waals surface area contributed by atoms with E-state index in [-0.39, 0.29) is 10.6 Å². The fraction of sp³-hybridized carbons (Fsp3) is 0.316. The first-order valence-corrected chi connectivity index (χ1v) is 10.2. The number of hydrazine groups is 1. The zero-order chi connectivity index (χ0) is 19.1. The summed E-state index contributed by atoms with van der Waals surface area (Å²) in [5, 5.41) is 0. The summed E-state index contributed by atoms with van der Waals surface area (Å²) in [6.07, 6.45) is 0. The summed E-state index contributed by atoms with van der Waals surface area (Å²) in [7, 11) is 1.62. The Labute approximate surface area is 169 Å². The molecule has 3 rings (SSSR count). The van der Waals surface area contributed by atoms with E-state index in [2.05, 4.69) is 45.4 Å². The zero-order valence-electron chi connectivity index (χ0n) is 15.2. The van der Waals surface area contributed by atoms with E-state index in [4.69, 9.17) is 4.74 Å². The Bertz CT molecular complexity index is 730. The summed E-state index contributed by atoms with van der Waals surface area (Å²) in [6, 6.07) is 17.7. The first-order chi connectivity index (χ1) is 13.1. The third-order valence-corrected chi connectivity index (χ3v) is 6.02. The van der Waals surface area contributed by atoms with E-state index in [1.54, 1.807) is 18.9 Å². The van der Waals surface area contributed by atoms with E-state index in [0.717, 1.165) is 23.9 Å². The molecule has 1 atom stereocenters. The minimum absolute atomic E-state index is 0.0799. The van der Waals surface area contributed by atoms with Crippen LogP contribution in [0, 0.1) is 0 Å². The minimum Gasteiger partial charge on any atom is -0.497 e. The van der Waals surface area contributed by atoms with E-state index in [9.17, 15) is 4.79 Å². The number of rotatable bonds is 7. The summed E-state index contributed by atoms with van der Waals surface area (Å²) in [5.74, 6) is 1.47. The molecule has 1 fully saturated rings. The first kappa shape index (κ1) is 19.9. The molecule has 2 aromatic rings. The van der Waals surface area contributed by atoms with Gasteiger partial charge in [0.25, 0.3) is 5.91 Å². The van der Waals surface area contributed by atoms with Crippen molar-refractivity contribution in [3.8, 4) is 5.75 Å². The number of carbonyl (C=O) groups is 1. The van der Waals surface area contributed by atoms with Crippen molar-refractivity contribution in [3.05, 3.63) is 60.2 Å². The van der Waals surface area contributed by atoms with Crippen molar-refractivity contribution in [1.29, 1.82) is 0 Å². The number of thioether (sulfide) groups is 1. The quantitative estimate of drug-likeness (QED) is 0.487. The van der Waals surface area contributed by atoms with Crippen LogP contribution in [0.1, 0.15) is 5.56 Å². The summed E-state index contributed by atoms with van der Waals surface area (Å²) < 4.78 is 5.25. The monoisotopic (exact) mass is 404 g/mol. The van der Waals surface area contributed by atoms with Gasteiger partial charge in [0.05, 0.1) is 26.0 Å². The fourth-order valence-corrected chi connectivity index (χ4v) is 3.97. The van der Waals surface area contributed by atoms with Gasteiger partial charge < -0.3 is 4.74 Å². The molecule has 0 bridgehead atoms. The Morgan fingerprint density at radius 1 is 1.22 bits per heavy atom. The number of anilines is 1. The lowest BCUT2D eigenvalue weighted by atomic mass is 10.2. The lowest BCUT2D eigenvalue weighted by Crippen LogP contribution is -2.49. The Balaban J connectivity index is 1.46. The molecule has 0 aliphatic carbocycles. The average Bonchev–Trinajstić information content (AvgIpc) is 2.70. The number of thiol groups is 1. The molecule has 1 unspecified atom stereocenters. The van der Waals surface area contributed by atoms with Gasteiger partial charge in [-0.15, -0.1) is 24.4 Å². The molecule has 2 aromatic carbocycles. The molecule has 1 saturated heterocycles. The third-order valence-electron chi connectivity index (χ3n) is 4.13. The normalized spacial score (nSPS) is 18.1. The van der Waals surface area contributed by atoms with E-state index < -0.39 is 0 Å². The second kappa shape index (κ2) is 9.89. The molecule has 1 heterocycles. The molecule has 0 spiro atoms. The fourth-order valence-electron chi connectivity index (χ4n) is 2.75. The van der Waals surface area contributed by atoms with Crippen LogP contribution in [0.4, 0.5) is 5.69 Å². The molecular formula is C19H24N4O2S2. The third kappa shape index (κ3) is 6.07. The van der Waals surface area contributed by atoms with Crippen LogP contribution in [0.5, 0.6) is 5.75 Å². The van der Waals surface area contributed by atoms with E-state index in [1.165, 1.54) is 5.56 Å². The average molecular weight is 405 g/mol. The second-order valence-electron chi connectivity index (χ2n) is 6.23. The van der Waals surface area contributed by atoms with Gasteiger partial charge in [-0.3, -0.25) is 25.4 Å². The molecule has 0 aromatic heterocycles. The maximum absolute atomic E-state index is 12.3. The SMILES string of the molecule is COc1ccc(NNC(=O)CN2CSC(S)N(Cc3ccccc3)C2)cc1. The number of benzene rings is 2. The van der Waals surface area contributed by atoms with Crippen molar-refractivity contribution in [3.63, 3.8) is 0 Å². The number of ether oxygens (including phenoxy) is 1. The van der Waals surface area contributed by atoms with Crippen LogP contribution < -0.4 is 15.6 Å². The molecule has 0 saturated carbocycles. The van der Waals surface area contributed by atoms with E-state index in [0.29, 0.717) is 13.2 Å². The second-order valence-corrected chi connectivity index (χ2v) is 8.10. The number of carbonyl (C=O) groups excluding carboxylic acids is 1. The topological polar surface area (TPSA) is 56.8 Å². The van der Waals surface area contributed by atoms with Gasteiger partial charge in [-0.05, 0) is 29.8 Å². The summed E-state index contributed by atoms with van der Waals surface area (Å²) in [4.78, 5) is 16.6. The molecule has 1 aliphatic heterocycles. The Kier molecular flexibility index (Phi) is 7.28. The standard InChI is InChI=1S/C19H24N4O2S2/c1-25-17-9-7-16(8-10-17)20-21-18(24)12-22-13-23(19(26)27-14-22)11-15-5-3-2-4-6-15/h2-10,19-20,26H,11-14H2,1H3,(H,21,24). The van der Waals surface area contributed by atoms with E-state index in [1.807, 2.05) is 42.5 Å². The molecule has 6 nitrogen and oxygen atoms in total. The summed E-state index contributed by atoms with van der Waals surface area (Å²) in [6.45, 7) is 1.83. The van der Waals surface area contributed by atoms with Crippen LogP contribution >= 0.6 is 24.4 Å². The predicted octanol–water partition coefficient (Wildman–Crippen LogP) is 2.82. The molecule has 1 aliphatic rings. The Hall–Kier alpha value is -1.87. The molecule has 1 amide bonds. The smallest absolute Gasteiger partial charge is 0.252 e. The number of nitrogens with zero attached hydrogens (tertiary/aromatic N) is 2. The van der Waals surface area contributed by atoms with Gasteiger partial charge in [-0.25, -0.2) is 0 Å². The molecule has 0 radical (unpaired) electrons. The highest BCUT2D eigenvalue weighted by molar-refractivity contribution is 8.10. The van der Waals surface area contributed by atoms with Gasteiger partial charge in [0.2, 0.25) is 0 Å². The largest absolute Gasteiger partial charge is 0.497 e. The van der Waals surface area contributed by atoms with Crippen molar-refractivity contribution < 1.29 is 9.53 Å². The highest BCUT2D eigenvalue weighted by Gasteiger charge is 2.26. The van der Waals surface area contributed by atoms with Crippen molar-refractivity contribution in [2.45, 2.75) is 11.3 Å². The minimum atomic E-state index is -0.0799. The van der Waals surface area contributed by atoms with Gasteiger partial charge in [0.15, 0.2) is 0 Å². The Morgan fingerprint density at radius 2 is 1.96 bits per heavy atom. The van der Waals surface area contributed by atoms with E-state index >= 15 is 0 Å². The summed E-state index contributed by atoms with van der Waals surface area (Å²) in [5.41, 5.74) is 7.71. The summed E-state index contributed by atoms with van der Waals surface area (Å²) >= 11 is 6.38. The highest BCUT2D eigenvalue weighted by Crippen LogP contribution is 2.27. The van der Waals surface area contributed by atoms with Crippen molar-refractivity contribution in [2.75, 3.05) is 31.6 Å². The number of amides is 1. The van der Waals surface area contributed by atoms with Gasteiger partial charge in [-0.2, -0.15) is 0 Å². The van der Waals surface area contributed by atoms with Gasteiger partial charge in [0, 0.05) is 12.4 Å². The van der Waals surface area contributed by atoms with Gasteiger partial charge in [0.1, 0.15) is 10.5 Å². The molecule has 8 heteroatoms. The highest BCUT2D eigenvalue weighted by atomic mass is 32.2. The van der Waals surface area contributed by atoms with Crippen LogP contribution in [-0.2, 0) is 11.3 Å². The molecule has 144 valence electrons. The maximum Gasteiger partial charge on any atom is 0.252 e. The van der Waals surface area contributed by atoms with Gasteiger partial charge in [-0.1, -0.05) is 30.3 Å². The molecule has 2 N–H and O–H groups in total. The number of nitrogens with one attached hydrogen (secondary N) is 2. The number of hydrogen-bond donors (Lipinski definition) is 3. The van der Waals surface area contributed by atoms with Gasteiger partial charge >= 0.3 is 0 Å². The lowest BCUT2D eigenvalue weighted by molar-refractivity contribution is -0.122. The first-order valence-electron chi connectivity index (χ1n) is 8.63. The maximum atomic E-state index is 12.3. The lowest BCUT2D eigenvalue weighted by Gasteiger charge is -2.38. The van der Waals surface area contributed by atoms with Crippen LogP contribution in [0.2, 0.25) is 0 Å². The number of hydrogen-bond acceptors (Lipinski definition) is 7.